The van der Waals surface area contributed by atoms with Crippen LogP contribution in [0, 0.1) is 12.3 Å². The molecule has 0 radical (unpaired) electrons. The van der Waals surface area contributed by atoms with E-state index in [9.17, 15) is 9.59 Å². The van der Waals surface area contributed by atoms with Gasteiger partial charge in [0.25, 0.3) is 0 Å². The van der Waals surface area contributed by atoms with E-state index >= 15 is 0 Å². The number of rotatable bonds is 5. The minimum atomic E-state index is -0.367. The highest BCUT2D eigenvalue weighted by Gasteiger charge is 2.49. The van der Waals surface area contributed by atoms with Crippen molar-refractivity contribution >= 4 is 11.8 Å². The second-order valence-electron chi connectivity index (χ2n) is 7.40. The third kappa shape index (κ3) is 3.87. The summed E-state index contributed by atoms with van der Waals surface area (Å²) >= 11 is 0. The van der Waals surface area contributed by atoms with Crippen molar-refractivity contribution in [3.05, 3.63) is 35.4 Å². The number of likely N-dealkylation sites (tertiary alicyclic amines) is 2. The number of benzene rings is 1. The number of aryl methyl sites for hydroxylation is 1. The van der Waals surface area contributed by atoms with Gasteiger partial charge in [0.2, 0.25) is 11.8 Å². The maximum absolute atomic E-state index is 13.0. The summed E-state index contributed by atoms with van der Waals surface area (Å²) in [6.07, 6.45) is 3.10. The highest BCUT2D eigenvalue weighted by molar-refractivity contribution is 5.86. The molecule has 0 aromatic heterocycles. The van der Waals surface area contributed by atoms with Gasteiger partial charge in [-0.15, -0.1) is 0 Å². The first kappa shape index (κ1) is 17.9. The molecular weight excluding hydrogens is 316 g/mol. The fraction of sp³-hybridized carbons (Fsp3) is 0.600. The Bertz CT molecular complexity index is 646. The summed E-state index contributed by atoms with van der Waals surface area (Å²) in [5.74, 6) is 0.339. The quantitative estimate of drug-likeness (QED) is 0.821. The number of hydrogen-bond donors (Lipinski definition) is 0. The molecule has 2 heterocycles. The van der Waals surface area contributed by atoms with Gasteiger partial charge in [-0.2, -0.15) is 0 Å². The first-order chi connectivity index (χ1) is 12.0. The molecule has 5 heteroatoms. The van der Waals surface area contributed by atoms with E-state index < -0.39 is 0 Å². The molecule has 0 aliphatic carbocycles. The van der Waals surface area contributed by atoms with Crippen molar-refractivity contribution < 1.29 is 14.3 Å². The van der Waals surface area contributed by atoms with Crippen LogP contribution in [0.25, 0.3) is 0 Å². The van der Waals surface area contributed by atoms with E-state index in [0.29, 0.717) is 32.7 Å². The average Bonchev–Trinajstić information content (AvgIpc) is 3.02. The predicted molar refractivity (Wildman–Crippen MR) is 96.2 cm³/mol. The Balaban J connectivity index is 1.63. The molecule has 0 bridgehead atoms. The third-order valence-electron chi connectivity index (χ3n) is 5.53. The standard InChI is InChI=1S/C20H28N2O3/c1-16-5-3-6-17(13-16)14-18(23)22-10-8-20(15-22)7-4-9-21(19(20)24)11-12-25-2/h3,5-6,13H,4,7-12,14-15H2,1-2H3/t20-/m0/s1. The lowest BCUT2D eigenvalue weighted by atomic mass is 9.78. The zero-order chi connectivity index (χ0) is 17.9. The van der Waals surface area contributed by atoms with Crippen LogP contribution < -0.4 is 0 Å². The van der Waals surface area contributed by atoms with Gasteiger partial charge in [0.1, 0.15) is 0 Å². The molecule has 0 unspecified atom stereocenters. The average molecular weight is 344 g/mol. The van der Waals surface area contributed by atoms with Gasteiger partial charge in [0.05, 0.1) is 18.4 Å². The van der Waals surface area contributed by atoms with E-state index in [1.165, 1.54) is 5.56 Å². The lowest BCUT2D eigenvalue weighted by Gasteiger charge is -2.39. The SMILES string of the molecule is COCCN1CCC[C@@]2(CCN(C(=O)Cc3cccc(C)c3)C2)C1=O. The normalized spacial score (nSPS) is 23.5. The van der Waals surface area contributed by atoms with Crippen molar-refractivity contribution in [1.29, 1.82) is 0 Å². The van der Waals surface area contributed by atoms with Crippen LogP contribution in [0.15, 0.2) is 24.3 Å². The summed E-state index contributed by atoms with van der Waals surface area (Å²) in [4.78, 5) is 29.5. The Morgan fingerprint density at radius 2 is 2.12 bits per heavy atom. The molecule has 3 rings (SSSR count). The van der Waals surface area contributed by atoms with Crippen molar-refractivity contribution in [2.24, 2.45) is 5.41 Å². The van der Waals surface area contributed by atoms with Crippen LogP contribution in [-0.2, 0) is 20.7 Å². The van der Waals surface area contributed by atoms with Crippen LogP contribution in [0.1, 0.15) is 30.4 Å². The molecule has 5 nitrogen and oxygen atoms in total. The van der Waals surface area contributed by atoms with Crippen molar-refractivity contribution in [1.82, 2.24) is 9.80 Å². The molecule has 25 heavy (non-hydrogen) atoms. The largest absolute Gasteiger partial charge is 0.383 e. The second kappa shape index (κ2) is 7.56. The maximum atomic E-state index is 13.0. The Labute approximate surface area is 149 Å². The van der Waals surface area contributed by atoms with Crippen molar-refractivity contribution in [2.45, 2.75) is 32.6 Å². The number of piperidine rings is 1. The highest BCUT2D eigenvalue weighted by atomic mass is 16.5. The van der Waals surface area contributed by atoms with Crippen LogP contribution in [0.2, 0.25) is 0 Å². The van der Waals surface area contributed by atoms with E-state index in [1.54, 1.807) is 7.11 Å². The number of nitrogens with zero attached hydrogens (tertiary/aromatic N) is 2. The third-order valence-corrected chi connectivity index (χ3v) is 5.53. The van der Waals surface area contributed by atoms with E-state index in [1.807, 2.05) is 34.9 Å². The molecule has 2 fully saturated rings. The summed E-state index contributed by atoms with van der Waals surface area (Å²) in [5, 5.41) is 0. The molecule has 2 aliphatic rings. The van der Waals surface area contributed by atoms with Crippen molar-refractivity contribution in [3.63, 3.8) is 0 Å². The number of carbonyl (C=O) groups is 2. The minimum Gasteiger partial charge on any atom is -0.383 e. The topological polar surface area (TPSA) is 49.9 Å². The summed E-state index contributed by atoms with van der Waals surface area (Å²) in [6, 6.07) is 8.08. The molecule has 1 atom stereocenters. The maximum Gasteiger partial charge on any atom is 0.230 e. The summed E-state index contributed by atoms with van der Waals surface area (Å²) in [7, 11) is 1.66. The van der Waals surface area contributed by atoms with Gasteiger partial charge < -0.3 is 14.5 Å². The predicted octanol–water partition coefficient (Wildman–Crippen LogP) is 2.03. The molecule has 0 saturated carbocycles. The second-order valence-corrected chi connectivity index (χ2v) is 7.40. The number of carbonyl (C=O) groups excluding carboxylic acids is 2. The number of ether oxygens (including phenoxy) is 1. The zero-order valence-corrected chi connectivity index (χ0v) is 15.3. The first-order valence-electron chi connectivity index (χ1n) is 9.16. The Hall–Kier alpha value is -1.88. The van der Waals surface area contributed by atoms with Gasteiger partial charge in [0.15, 0.2) is 0 Å². The number of methoxy groups -OCH3 is 1. The molecular formula is C20H28N2O3. The lowest BCUT2D eigenvalue weighted by Crippen LogP contribution is -2.51. The first-order valence-corrected chi connectivity index (χ1v) is 9.16. The van der Waals surface area contributed by atoms with Crippen LogP contribution in [0.3, 0.4) is 0 Å². The van der Waals surface area contributed by atoms with E-state index in [-0.39, 0.29) is 17.2 Å². The van der Waals surface area contributed by atoms with Crippen LogP contribution in [-0.4, -0.2) is 61.5 Å². The van der Waals surface area contributed by atoms with Crippen LogP contribution in [0.4, 0.5) is 0 Å². The fourth-order valence-electron chi connectivity index (χ4n) is 4.14. The summed E-state index contributed by atoms with van der Waals surface area (Å²) in [6.45, 7) is 5.32. The van der Waals surface area contributed by atoms with Gasteiger partial charge in [-0.1, -0.05) is 29.8 Å². The van der Waals surface area contributed by atoms with Crippen LogP contribution >= 0.6 is 0 Å². The van der Waals surface area contributed by atoms with Gasteiger partial charge in [-0.25, -0.2) is 0 Å². The number of amides is 2. The lowest BCUT2D eigenvalue weighted by molar-refractivity contribution is -0.146. The highest BCUT2D eigenvalue weighted by Crippen LogP contribution is 2.40. The molecule has 1 aromatic carbocycles. The zero-order valence-electron chi connectivity index (χ0n) is 15.3. The van der Waals surface area contributed by atoms with Gasteiger partial charge >= 0.3 is 0 Å². The molecule has 2 aliphatic heterocycles. The molecule has 136 valence electrons. The molecule has 1 spiro atoms. The van der Waals surface area contributed by atoms with Crippen LogP contribution in [0.5, 0.6) is 0 Å². The fourth-order valence-corrected chi connectivity index (χ4v) is 4.14. The Kier molecular flexibility index (Phi) is 5.42. The summed E-state index contributed by atoms with van der Waals surface area (Å²) < 4.78 is 5.12. The molecule has 2 amide bonds. The van der Waals surface area contributed by atoms with Crippen molar-refractivity contribution in [3.8, 4) is 0 Å². The monoisotopic (exact) mass is 344 g/mol. The van der Waals surface area contributed by atoms with Gasteiger partial charge in [0, 0.05) is 33.3 Å². The van der Waals surface area contributed by atoms with E-state index in [0.717, 1.165) is 31.4 Å². The number of hydrogen-bond acceptors (Lipinski definition) is 3. The van der Waals surface area contributed by atoms with E-state index in [2.05, 4.69) is 6.07 Å². The summed E-state index contributed by atoms with van der Waals surface area (Å²) in [5.41, 5.74) is 1.84. The Morgan fingerprint density at radius 3 is 2.88 bits per heavy atom. The molecule has 1 aromatic rings. The Morgan fingerprint density at radius 1 is 1.28 bits per heavy atom. The minimum absolute atomic E-state index is 0.129. The van der Waals surface area contributed by atoms with Gasteiger partial charge in [-0.05, 0) is 31.7 Å². The van der Waals surface area contributed by atoms with Crippen molar-refractivity contribution in [2.75, 3.05) is 39.9 Å². The molecule has 0 N–H and O–H groups in total. The van der Waals surface area contributed by atoms with E-state index in [4.69, 9.17) is 4.74 Å². The van der Waals surface area contributed by atoms with Gasteiger partial charge in [-0.3, -0.25) is 9.59 Å². The molecule has 2 saturated heterocycles. The smallest absolute Gasteiger partial charge is 0.230 e.